The minimum Gasteiger partial charge on any atom is -0.341 e. The Balaban J connectivity index is 1.65. The highest BCUT2D eigenvalue weighted by Crippen LogP contribution is 2.30. The summed E-state index contributed by atoms with van der Waals surface area (Å²) < 4.78 is 51.8. The van der Waals surface area contributed by atoms with Crippen molar-refractivity contribution in [1.82, 2.24) is 4.90 Å². The number of halogens is 4. The molecule has 28 heavy (non-hydrogen) atoms. The molecule has 2 aromatic rings. The van der Waals surface area contributed by atoms with Gasteiger partial charge in [-0.2, -0.15) is 13.2 Å². The molecule has 0 N–H and O–H groups in total. The van der Waals surface area contributed by atoms with Gasteiger partial charge in [-0.05, 0) is 29.8 Å². The molecule has 2 aromatic carbocycles. The highest BCUT2D eigenvalue weighted by molar-refractivity contribution is 6.00. The minimum atomic E-state index is -4.42. The van der Waals surface area contributed by atoms with Crippen molar-refractivity contribution >= 4 is 17.5 Å². The minimum absolute atomic E-state index is 0.0372. The predicted octanol–water partition coefficient (Wildman–Crippen LogP) is 3.86. The zero-order chi connectivity index (χ0) is 20.5. The van der Waals surface area contributed by atoms with E-state index in [2.05, 4.69) is 0 Å². The van der Waals surface area contributed by atoms with E-state index in [4.69, 9.17) is 0 Å². The van der Waals surface area contributed by atoms with Gasteiger partial charge in [0.15, 0.2) is 0 Å². The van der Waals surface area contributed by atoms with Crippen LogP contribution in [0.25, 0.3) is 0 Å². The van der Waals surface area contributed by atoms with Gasteiger partial charge >= 0.3 is 6.18 Å². The summed E-state index contributed by atoms with van der Waals surface area (Å²) >= 11 is 0. The van der Waals surface area contributed by atoms with Crippen LogP contribution in [0.1, 0.15) is 17.5 Å². The number of carbonyl (C=O) groups excluding carboxylic acids is 2. The van der Waals surface area contributed by atoms with Crippen LogP contribution in [0.2, 0.25) is 0 Å². The second-order valence-corrected chi connectivity index (χ2v) is 6.75. The van der Waals surface area contributed by atoms with Crippen molar-refractivity contribution in [3.63, 3.8) is 0 Å². The van der Waals surface area contributed by atoms with Crippen LogP contribution in [0.3, 0.4) is 0 Å². The Kier molecular flexibility index (Phi) is 5.40. The fourth-order valence-electron chi connectivity index (χ4n) is 3.24. The lowest BCUT2D eigenvalue weighted by molar-refractivity contribution is -0.137. The molecule has 3 rings (SSSR count). The zero-order valence-electron chi connectivity index (χ0n) is 15.0. The number of alkyl halides is 3. The third kappa shape index (κ3) is 4.16. The Morgan fingerprint density at radius 2 is 1.79 bits per heavy atom. The number of benzene rings is 2. The van der Waals surface area contributed by atoms with Crippen molar-refractivity contribution in [2.45, 2.75) is 19.1 Å². The van der Waals surface area contributed by atoms with Crippen LogP contribution in [0.5, 0.6) is 0 Å². The Hall–Kier alpha value is -2.90. The van der Waals surface area contributed by atoms with Crippen LogP contribution >= 0.6 is 0 Å². The summed E-state index contributed by atoms with van der Waals surface area (Å²) in [4.78, 5) is 27.5. The van der Waals surface area contributed by atoms with Gasteiger partial charge in [0.1, 0.15) is 5.82 Å². The van der Waals surface area contributed by atoms with Crippen LogP contribution in [0, 0.1) is 11.7 Å². The van der Waals surface area contributed by atoms with E-state index in [1.165, 1.54) is 47.2 Å². The molecule has 8 heteroatoms. The molecule has 1 atom stereocenters. The lowest BCUT2D eigenvalue weighted by Gasteiger charge is -2.22. The zero-order valence-corrected chi connectivity index (χ0v) is 15.0. The van der Waals surface area contributed by atoms with Gasteiger partial charge in [0, 0.05) is 26.6 Å². The highest BCUT2D eigenvalue weighted by atomic mass is 19.4. The van der Waals surface area contributed by atoms with Crippen LogP contribution < -0.4 is 4.90 Å². The lowest BCUT2D eigenvalue weighted by atomic mass is 10.1. The average Bonchev–Trinajstić information content (AvgIpc) is 3.02. The van der Waals surface area contributed by atoms with Crippen molar-refractivity contribution in [3.8, 4) is 0 Å². The Morgan fingerprint density at radius 1 is 1.14 bits per heavy atom. The molecule has 1 aliphatic rings. The number of rotatable bonds is 4. The smallest absolute Gasteiger partial charge is 0.341 e. The molecule has 0 radical (unpaired) electrons. The SMILES string of the molecule is CN(Cc1ccc(C(F)(F)F)cc1)C(=O)C1CC(=O)N(c2ccccc2F)C1. The second-order valence-electron chi connectivity index (χ2n) is 6.75. The summed E-state index contributed by atoms with van der Waals surface area (Å²) in [7, 11) is 1.52. The van der Waals surface area contributed by atoms with Gasteiger partial charge in [-0.3, -0.25) is 9.59 Å². The van der Waals surface area contributed by atoms with Gasteiger partial charge in [-0.15, -0.1) is 0 Å². The maximum atomic E-state index is 13.9. The molecule has 1 saturated heterocycles. The molecule has 0 aliphatic carbocycles. The van der Waals surface area contributed by atoms with E-state index in [0.29, 0.717) is 5.56 Å². The monoisotopic (exact) mass is 394 g/mol. The summed E-state index contributed by atoms with van der Waals surface area (Å²) in [6.07, 6.45) is -4.45. The number of carbonyl (C=O) groups is 2. The fourth-order valence-corrected chi connectivity index (χ4v) is 3.24. The van der Waals surface area contributed by atoms with Crippen molar-refractivity contribution in [2.24, 2.45) is 5.92 Å². The van der Waals surface area contributed by atoms with E-state index in [0.717, 1.165) is 12.1 Å². The molecule has 2 amide bonds. The molecule has 1 aliphatic heterocycles. The van der Waals surface area contributed by atoms with Crippen LogP contribution in [-0.2, 0) is 22.3 Å². The molecular formula is C20H18F4N2O2. The highest BCUT2D eigenvalue weighted by Gasteiger charge is 2.37. The first-order valence-electron chi connectivity index (χ1n) is 8.63. The van der Waals surface area contributed by atoms with Crippen LogP contribution in [-0.4, -0.2) is 30.3 Å². The van der Waals surface area contributed by atoms with Gasteiger partial charge in [0.25, 0.3) is 0 Å². The molecule has 0 saturated carbocycles. The standard InChI is InChI=1S/C20H18F4N2O2/c1-25(11-13-6-8-15(9-7-13)20(22,23)24)19(28)14-10-18(27)26(12-14)17-5-3-2-4-16(17)21/h2-9,14H,10-12H2,1H3. The molecule has 4 nitrogen and oxygen atoms in total. The number of nitrogens with zero attached hydrogens (tertiary/aromatic N) is 2. The Bertz CT molecular complexity index is 881. The number of amides is 2. The van der Waals surface area contributed by atoms with E-state index >= 15 is 0 Å². The van der Waals surface area contributed by atoms with Crippen molar-refractivity contribution in [1.29, 1.82) is 0 Å². The third-order valence-corrected chi connectivity index (χ3v) is 4.69. The summed E-state index contributed by atoms with van der Waals surface area (Å²) in [5.74, 6) is -1.83. The molecule has 0 spiro atoms. The van der Waals surface area contributed by atoms with Gasteiger partial charge in [0.05, 0.1) is 17.2 Å². The maximum absolute atomic E-state index is 13.9. The van der Waals surface area contributed by atoms with E-state index in [9.17, 15) is 27.2 Å². The van der Waals surface area contributed by atoms with E-state index in [-0.39, 0.29) is 37.0 Å². The van der Waals surface area contributed by atoms with Crippen molar-refractivity contribution in [3.05, 3.63) is 65.5 Å². The fraction of sp³-hybridized carbons (Fsp3) is 0.300. The number of hydrogen-bond acceptors (Lipinski definition) is 2. The first kappa shape index (κ1) is 19.9. The summed E-state index contributed by atoms with van der Waals surface area (Å²) in [6, 6.07) is 10.4. The first-order chi connectivity index (χ1) is 13.2. The molecular weight excluding hydrogens is 376 g/mol. The Labute approximate surface area is 159 Å². The summed E-state index contributed by atoms with van der Waals surface area (Å²) in [5.41, 5.74) is -0.0838. The second kappa shape index (κ2) is 7.61. The first-order valence-corrected chi connectivity index (χ1v) is 8.63. The molecule has 1 fully saturated rings. The number of anilines is 1. The van der Waals surface area contributed by atoms with Gasteiger partial charge in [0.2, 0.25) is 11.8 Å². The topological polar surface area (TPSA) is 40.6 Å². The molecule has 148 valence electrons. The maximum Gasteiger partial charge on any atom is 0.416 e. The number of hydrogen-bond donors (Lipinski definition) is 0. The average molecular weight is 394 g/mol. The molecule has 0 aromatic heterocycles. The van der Waals surface area contributed by atoms with Crippen molar-refractivity contribution < 1.29 is 27.2 Å². The van der Waals surface area contributed by atoms with E-state index < -0.39 is 23.5 Å². The molecule has 1 heterocycles. The van der Waals surface area contributed by atoms with Crippen LogP contribution in [0.15, 0.2) is 48.5 Å². The quantitative estimate of drug-likeness (QED) is 0.739. The van der Waals surface area contributed by atoms with Gasteiger partial charge < -0.3 is 9.80 Å². The summed E-state index contributed by atoms with van der Waals surface area (Å²) in [6.45, 7) is 0.178. The third-order valence-electron chi connectivity index (χ3n) is 4.69. The normalized spacial score (nSPS) is 17.1. The molecule has 1 unspecified atom stereocenters. The summed E-state index contributed by atoms with van der Waals surface area (Å²) in [5, 5.41) is 0. The lowest BCUT2D eigenvalue weighted by Crippen LogP contribution is -2.34. The Morgan fingerprint density at radius 3 is 2.39 bits per heavy atom. The van der Waals surface area contributed by atoms with Gasteiger partial charge in [-0.1, -0.05) is 24.3 Å². The van der Waals surface area contributed by atoms with E-state index in [1.54, 1.807) is 6.07 Å². The van der Waals surface area contributed by atoms with Crippen LogP contribution in [0.4, 0.5) is 23.2 Å². The number of para-hydroxylation sites is 1. The molecule has 0 bridgehead atoms. The van der Waals surface area contributed by atoms with Crippen molar-refractivity contribution in [2.75, 3.05) is 18.5 Å². The largest absolute Gasteiger partial charge is 0.416 e. The predicted molar refractivity (Wildman–Crippen MR) is 94.8 cm³/mol. The van der Waals surface area contributed by atoms with E-state index in [1.807, 2.05) is 0 Å². The van der Waals surface area contributed by atoms with Gasteiger partial charge in [-0.25, -0.2) is 4.39 Å².